The number of benzene rings is 1. The van der Waals surface area contributed by atoms with Crippen LogP contribution in [0.15, 0.2) is 33.9 Å². The fourth-order valence-corrected chi connectivity index (χ4v) is 8.68. The van der Waals surface area contributed by atoms with Gasteiger partial charge in [0.1, 0.15) is 4.21 Å². The molecule has 0 unspecified atom stereocenters. The highest BCUT2D eigenvalue weighted by molar-refractivity contribution is 7.91. The Labute approximate surface area is 226 Å². The van der Waals surface area contributed by atoms with E-state index < -0.39 is 10.0 Å². The number of thiophene rings is 1. The van der Waals surface area contributed by atoms with Crippen LogP contribution in [0.2, 0.25) is 0 Å². The molecule has 4 heterocycles. The van der Waals surface area contributed by atoms with Crippen LogP contribution in [-0.2, 0) is 19.6 Å². The number of carbonyl (C=O) groups is 1. The van der Waals surface area contributed by atoms with Crippen molar-refractivity contribution in [1.29, 1.82) is 0 Å². The predicted molar refractivity (Wildman–Crippen MR) is 149 cm³/mol. The van der Waals surface area contributed by atoms with E-state index in [2.05, 4.69) is 30.9 Å². The second kappa shape index (κ2) is 11.5. The third-order valence-electron chi connectivity index (χ3n) is 7.42. The van der Waals surface area contributed by atoms with Crippen LogP contribution in [-0.4, -0.2) is 81.0 Å². The van der Waals surface area contributed by atoms with Crippen molar-refractivity contribution >= 4 is 54.0 Å². The van der Waals surface area contributed by atoms with Gasteiger partial charge in [0.05, 0.1) is 23.4 Å². The number of rotatable bonds is 8. The topological polar surface area (TPSA) is 83.0 Å². The van der Waals surface area contributed by atoms with E-state index in [1.807, 2.05) is 4.90 Å². The summed E-state index contributed by atoms with van der Waals surface area (Å²) in [6.45, 7) is 9.74. The molecule has 200 valence electrons. The van der Waals surface area contributed by atoms with Gasteiger partial charge in [-0.25, -0.2) is 13.4 Å². The molecule has 0 atom stereocenters. The first-order valence-electron chi connectivity index (χ1n) is 12.9. The number of fused-ring (bicyclic) bond motifs is 1. The summed E-state index contributed by atoms with van der Waals surface area (Å²) in [4.78, 5) is 23.1. The molecule has 11 heteroatoms. The zero-order chi connectivity index (χ0) is 26.0. The molecule has 0 saturated carbocycles. The van der Waals surface area contributed by atoms with Gasteiger partial charge in [-0.15, -0.1) is 11.3 Å². The van der Waals surface area contributed by atoms with Gasteiger partial charge < -0.3 is 4.74 Å². The van der Waals surface area contributed by atoms with Crippen LogP contribution in [0, 0.1) is 19.8 Å². The zero-order valence-corrected chi connectivity index (χ0v) is 23.8. The fraction of sp³-hybridized carbons (Fsp3) is 0.538. The lowest BCUT2D eigenvalue weighted by Gasteiger charge is -2.33. The predicted octanol–water partition coefficient (Wildman–Crippen LogP) is 4.13. The highest BCUT2D eigenvalue weighted by atomic mass is 32.2. The Morgan fingerprint density at radius 3 is 2.59 bits per heavy atom. The molecule has 1 amide bonds. The average Bonchev–Trinajstić information content (AvgIpc) is 3.61. The van der Waals surface area contributed by atoms with Crippen LogP contribution >= 0.6 is 22.7 Å². The van der Waals surface area contributed by atoms with Gasteiger partial charge in [-0.2, -0.15) is 4.31 Å². The van der Waals surface area contributed by atoms with Crippen molar-refractivity contribution in [1.82, 2.24) is 14.2 Å². The number of hydrogen-bond donors (Lipinski definition) is 0. The SMILES string of the molecule is Cc1ccc2sc(N(CCCN3CCOCC3)C(=O)C3CCN(S(=O)(=O)c4cccs4)CC3)nc2c1C. The largest absolute Gasteiger partial charge is 0.379 e. The van der Waals surface area contributed by atoms with Gasteiger partial charge in [0.15, 0.2) is 5.13 Å². The van der Waals surface area contributed by atoms with Crippen LogP contribution in [0.1, 0.15) is 30.4 Å². The number of aromatic nitrogens is 1. The summed E-state index contributed by atoms with van der Waals surface area (Å²) in [5.41, 5.74) is 3.30. The third kappa shape index (κ3) is 5.76. The van der Waals surface area contributed by atoms with E-state index in [0.717, 1.165) is 60.2 Å². The quantitative estimate of drug-likeness (QED) is 0.411. The maximum Gasteiger partial charge on any atom is 0.252 e. The number of morpholine rings is 1. The lowest BCUT2D eigenvalue weighted by Crippen LogP contribution is -2.45. The van der Waals surface area contributed by atoms with Gasteiger partial charge in [-0.1, -0.05) is 23.5 Å². The van der Waals surface area contributed by atoms with E-state index in [-0.39, 0.29) is 11.8 Å². The molecule has 8 nitrogen and oxygen atoms in total. The molecule has 1 aromatic carbocycles. The van der Waals surface area contributed by atoms with Crippen molar-refractivity contribution in [2.75, 3.05) is 57.4 Å². The number of aryl methyl sites for hydroxylation is 2. The van der Waals surface area contributed by atoms with Gasteiger partial charge in [0.2, 0.25) is 5.91 Å². The van der Waals surface area contributed by atoms with Gasteiger partial charge in [-0.3, -0.25) is 14.6 Å². The van der Waals surface area contributed by atoms with E-state index in [0.29, 0.717) is 36.7 Å². The molecule has 0 spiro atoms. The number of thiazole rings is 1. The summed E-state index contributed by atoms with van der Waals surface area (Å²) >= 11 is 2.80. The molecule has 2 saturated heterocycles. The van der Waals surface area contributed by atoms with Crippen LogP contribution in [0.3, 0.4) is 0 Å². The zero-order valence-electron chi connectivity index (χ0n) is 21.4. The highest BCUT2D eigenvalue weighted by Crippen LogP contribution is 2.34. The molecule has 37 heavy (non-hydrogen) atoms. The molecule has 2 fully saturated rings. The summed E-state index contributed by atoms with van der Waals surface area (Å²) in [5, 5.41) is 2.52. The molecular formula is C26H34N4O4S3. The second-order valence-electron chi connectivity index (χ2n) is 9.76. The van der Waals surface area contributed by atoms with Crippen LogP contribution < -0.4 is 4.90 Å². The number of ether oxygens (including phenoxy) is 1. The molecule has 0 N–H and O–H groups in total. The molecule has 0 radical (unpaired) electrons. The molecule has 0 bridgehead atoms. The van der Waals surface area contributed by atoms with E-state index in [4.69, 9.17) is 9.72 Å². The Morgan fingerprint density at radius 1 is 1.14 bits per heavy atom. The molecule has 2 aromatic heterocycles. The van der Waals surface area contributed by atoms with E-state index >= 15 is 0 Å². The first-order valence-corrected chi connectivity index (χ1v) is 16.0. The Balaban J connectivity index is 1.32. The Bertz CT molecular complexity index is 1330. The molecule has 2 aliphatic rings. The van der Waals surface area contributed by atoms with Crippen molar-refractivity contribution in [2.45, 2.75) is 37.3 Å². The molecular weight excluding hydrogens is 529 g/mol. The minimum absolute atomic E-state index is 0.0589. The minimum Gasteiger partial charge on any atom is -0.379 e. The lowest BCUT2D eigenvalue weighted by molar-refractivity contribution is -0.123. The van der Waals surface area contributed by atoms with Crippen LogP contribution in [0.5, 0.6) is 0 Å². The van der Waals surface area contributed by atoms with E-state index in [1.165, 1.54) is 21.2 Å². The summed E-state index contributed by atoms with van der Waals surface area (Å²) in [6.07, 6.45) is 1.89. The first kappa shape index (κ1) is 26.7. The maximum absolute atomic E-state index is 13.9. The second-order valence-corrected chi connectivity index (χ2v) is 13.9. The van der Waals surface area contributed by atoms with Gasteiger partial charge in [-0.05, 0) is 61.7 Å². The smallest absolute Gasteiger partial charge is 0.252 e. The van der Waals surface area contributed by atoms with Crippen molar-refractivity contribution in [3.05, 3.63) is 40.8 Å². The number of carbonyl (C=O) groups excluding carboxylic acids is 1. The Hall–Kier alpha value is -1.89. The number of hydrogen-bond acceptors (Lipinski definition) is 8. The summed E-state index contributed by atoms with van der Waals surface area (Å²) in [6, 6.07) is 7.59. The van der Waals surface area contributed by atoms with E-state index in [9.17, 15) is 13.2 Å². The summed E-state index contributed by atoms with van der Waals surface area (Å²) in [7, 11) is -3.49. The number of sulfonamides is 1. The van der Waals surface area contributed by atoms with Crippen molar-refractivity contribution in [2.24, 2.45) is 5.92 Å². The first-order chi connectivity index (χ1) is 17.8. The van der Waals surface area contributed by atoms with Crippen molar-refractivity contribution in [3.63, 3.8) is 0 Å². The Kier molecular flexibility index (Phi) is 8.28. The van der Waals surface area contributed by atoms with Gasteiger partial charge >= 0.3 is 0 Å². The van der Waals surface area contributed by atoms with Crippen molar-refractivity contribution in [3.8, 4) is 0 Å². The lowest BCUT2D eigenvalue weighted by atomic mass is 9.96. The fourth-order valence-electron chi connectivity index (χ4n) is 5.01. The normalized spacial score (nSPS) is 18.4. The number of piperidine rings is 1. The highest BCUT2D eigenvalue weighted by Gasteiger charge is 2.35. The number of nitrogens with zero attached hydrogens (tertiary/aromatic N) is 4. The van der Waals surface area contributed by atoms with Crippen molar-refractivity contribution < 1.29 is 17.9 Å². The van der Waals surface area contributed by atoms with E-state index in [1.54, 1.807) is 28.8 Å². The van der Waals surface area contributed by atoms with Crippen LogP contribution in [0.25, 0.3) is 10.2 Å². The molecule has 5 rings (SSSR count). The summed E-state index contributed by atoms with van der Waals surface area (Å²) in [5.74, 6) is -0.156. The Morgan fingerprint density at radius 2 is 1.89 bits per heavy atom. The average molecular weight is 563 g/mol. The molecule has 2 aliphatic heterocycles. The molecule has 3 aromatic rings. The standard InChI is InChI=1S/C26H34N4O4S3/c1-19-6-7-22-24(20(19)2)27-26(36-22)30(11-4-10-28-14-16-34-17-15-28)25(31)21-8-12-29(13-9-21)37(32,33)23-5-3-18-35-23/h3,5-7,18,21H,4,8-17H2,1-2H3. The number of amides is 1. The monoisotopic (exact) mass is 562 g/mol. The minimum atomic E-state index is -3.49. The number of anilines is 1. The molecule has 0 aliphatic carbocycles. The summed E-state index contributed by atoms with van der Waals surface area (Å²) < 4.78 is 34.3. The van der Waals surface area contributed by atoms with Gasteiger partial charge in [0, 0.05) is 45.2 Å². The third-order valence-corrected chi connectivity index (χ3v) is 11.7. The van der Waals surface area contributed by atoms with Gasteiger partial charge in [0.25, 0.3) is 10.0 Å². The van der Waals surface area contributed by atoms with Crippen LogP contribution in [0.4, 0.5) is 5.13 Å². The maximum atomic E-state index is 13.9.